The van der Waals surface area contributed by atoms with Crippen molar-refractivity contribution in [1.29, 1.82) is 0 Å². The van der Waals surface area contributed by atoms with Gasteiger partial charge >= 0.3 is 0 Å². The fourth-order valence-electron chi connectivity index (χ4n) is 3.74. The standard InChI is InChI=1S/C31H28ClFN2O5/c1-3-38-29-16-23(15-26(32)30(29)40-20-22-10-7-11-25(33)14-22)18-34-35-31(36)24-12-13-27(28(17-24)37-2)39-19-21-8-5-4-6-9-21/h4-18H,3,19-20H2,1-2H3,(H,35,36)/b34-18+. The number of hydrazone groups is 1. The lowest BCUT2D eigenvalue weighted by Gasteiger charge is -2.14. The molecule has 40 heavy (non-hydrogen) atoms. The molecular weight excluding hydrogens is 535 g/mol. The summed E-state index contributed by atoms with van der Waals surface area (Å²) in [6.07, 6.45) is 1.44. The fraction of sp³-hybridized carbons (Fsp3) is 0.161. The SMILES string of the molecule is CCOc1cc(/C=N/NC(=O)c2ccc(OCc3ccccc3)c(OC)c2)cc(Cl)c1OCc1cccc(F)c1. The molecule has 0 heterocycles. The van der Waals surface area contributed by atoms with Crippen LogP contribution in [-0.2, 0) is 13.2 Å². The first-order valence-corrected chi connectivity index (χ1v) is 12.9. The van der Waals surface area contributed by atoms with Crippen molar-refractivity contribution in [1.82, 2.24) is 5.43 Å². The lowest BCUT2D eigenvalue weighted by atomic mass is 10.2. The van der Waals surface area contributed by atoms with Crippen LogP contribution in [0.15, 0.2) is 90.0 Å². The van der Waals surface area contributed by atoms with Crippen LogP contribution in [0.4, 0.5) is 4.39 Å². The monoisotopic (exact) mass is 562 g/mol. The highest BCUT2D eigenvalue weighted by Crippen LogP contribution is 2.37. The van der Waals surface area contributed by atoms with E-state index in [1.807, 2.05) is 37.3 Å². The first-order valence-electron chi connectivity index (χ1n) is 12.5. The largest absolute Gasteiger partial charge is 0.493 e. The third-order valence-corrected chi connectivity index (χ3v) is 5.93. The van der Waals surface area contributed by atoms with Crippen molar-refractivity contribution in [2.24, 2.45) is 5.10 Å². The number of benzene rings is 4. The second-order valence-electron chi connectivity index (χ2n) is 8.52. The molecule has 0 aromatic heterocycles. The first-order chi connectivity index (χ1) is 19.5. The molecule has 0 aliphatic rings. The molecule has 1 amide bonds. The van der Waals surface area contributed by atoms with Crippen molar-refractivity contribution in [2.45, 2.75) is 20.1 Å². The Morgan fingerprint density at radius 3 is 2.40 bits per heavy atom. The van der Waals surface area contributed by atoms with E-state index in [0.29, 0.717) is 52.9 Å². The molecule has 0 saturated carbocycles. The van der Waals surface area contributed by atoms with E-state index in [2.05, 4.69) is 10.5 Å². The predicted octanol–water partition coefficient (Wildman–Crippen LogP) is 6.81. The van der Waals surface area contributed by atoms with Gasteiger partial charge in [-0.3, -0.25) is 4.79 Å². The smallest absolute Gasteiger partial charge is 0.271 e. The zero-order valence-corrected chi connectivity index (χ0v) is 22.8. The third kappa shape index (κ3) is 7.74. The molecule has 4 aromatic rings. The fourth-order valence-corrected chi connectivity index (χ4v) is 4.01. The van der Waals surface area contributed by atoms with Gasteiger partial charge in [-0.15, -0.1) is 0 Å². The summed E-state index contributed by atoms with van der Waals surface area (Å²) < 4.78 is 36.3. The Hall–Kier alpha value is -4.56. The number of methoxy groups -OCH3 is 1. The molecule has 0 bridgehead atoms. The molecule has 0 atom stereocenters. The van der Waals surface area contributed by atoms with Crippen LogP contribution in [0.2, 0.25) is 5.02 Å². The maximum atomic E-state index is 13.5. The van der Waals surface area contributed by atoms with Crippen molar-refractivity contribution in [2.75, 3.05) is 13.7 Å². The number of nitrogens with zero attached hydrogens (tertiary/aromatic N) is 1. The molecular formula is C31H28ClFN2O5. The maximum absolute atomic E-state index is 13.5. The highest BCUT2D eigenvalue weighted by molar-refractivity contribution is 6.32. The minimum atomic E-state index is -0.435. The van der Waals surface area contributed by atoms with Gasteiger partial charge in [0.25, 0.3) is 5.91 Å². The van der Waals surface area contributed by atoms with E-state index in [9.17, 15) is 9.18 Å². The average Bonchev–Trinajstić information content (AvgIpc) is 2.96. The van der Waals surface area contributed by atoms with Gasteiger partial charge in [-0.25, -0.2) is 9.82 Å². The van der Waals surface area contributed by atoms with Gasteiger partial charge < -0.3 is 18.9 Å². The van der Waals surface area contributed by atoms with Crippen molar-refractivity contribution in [3.63, 3.8) is 0 Å². The van der Waals surface area contributed by atoms with E-state index in [0.717, 1.165) is 5.56 Å². The third-order valence-electron chi connectivity index (χ3n) is 5.65. The number of halogens is 2. The number of nitrogens with one attached hydrogen (secondary N) is 1. The predicted molar refractivity (Wildman–Crippen MR) is 152 cm³/mol. The Balaban J connectivity index is 1.41. The molecule has 4 rings (SSSR count). The minimum Gasteiger partial charge on any atom is -0.493 e. The molecule has 0 unspecified atom stereocenters. The Morgan fingerprint density at radius 1 is 0.875 bits per heavy atom. The minimum absolute atomic E-state index is 0.112. The molecule has 4 aromatic carbocycles. The number of carbonyl (C=O) groups is 1. The molecule has 0 aliphatic carbocycles. The number of amides is 1. The van der Waals surface area contributed by atoms with E-state index in [1.165, 1.54) is 25.5 Å². The summed E-state index contributed by atoms with van der Waals surface area (Å²) in [5.74, 6) is 0.885. The summed E-state index contributed by atoms with van der Waals surface area (Å²) in [7, 11) is 1.51. The van der Waals surface area contributed by atoms with Gasteiger partial charge in [0, 0.05) is 5.56 Å². The van der Waals surface area contributed by atoms with E-state index in [1.54, 1.807) is 42.5 Å². The van der Waals surface area contributed by atoms with E-state index < -0.39 is 5.91 Å². The highest BCUT2D eigenvalue weighted by atomic mass is 35.5. The maximum Gasteiger partial charge on any atom is 0.271 e. The van der Waals surface area contributed by atoms with Crippen molar-refractivity contribution >= 4 is 23.7 Å². The van der Waals surface area contributed by atoms with Crippen LogP contribution in [0.1, 0.15) is 34.0 Å². The molecule has 0 saturated heterocycles. The molecule has 0 fully saturated rings. The Labute approximate surface area is 237 Å². The van der Waals surface area contributed by atoms with Crippen LogP contribution in [0.5, 0.6) is 23.0 Å². The molecule has 0 aliphatic heterocycles. The Kier molecular flexibility index (Phi) is 9.96. The Bertz CT molecular complexity index is 1480. The highest BCUT2D eigenvalue weighted by Gasteiger charge is 2.14. The number of rotatable bonds is 12. The van der Waals surface area contributed by atoms with Gasteiger partial charge in [-0.05, 0) is 66.1 Å². The lowest BCUT2D eigenvalue weighted by molar-refractivity contribution is 0.0954. The normalized spacial score (nSPS) is 10.8. The van der Waals surface area contributed by atoms with Crippen LogP contribution in [0.25, 0.3) is 0 Å². The first kappa shape index (κ1) is 28.4. The Morgan fingerprint density at radius 2 is 1.65 bits per heavy atom. The number of ether oxygens (including phenoxy) is 4. The van der Waals surface area contributed by atoms with Gasteiger partial charge in [-0.1, -0.05) is 54.1 Å². The quantitative estimate of drug-likeness (QED) is 0.152. The number of hydrogen-bond donors (Lipinski definition) is 1. The van der Waals surface area contributed by atoms with Crippen LogP contribution in [-0.4, -0.2) is 25.8 Å². The number of carbonyl (C=O) groups excluding carboxylic acids is 1. The zero-order chi connectivity index (χ0) is 28.3. The molecule has 0 spiro atoms. The summed E-state index contributed by atoms with van der Waals surface area (Å²) in [5.41, 5.74) is 5.08. The van der Waals surface area contributed by atoms with Crippen LogP contribution in [0, 0.1) is 5.82 Å². The summed E-state index contributed by atoms with van der Waals surface area (Å²) in [6.45, 7) is 2.68. The van der Waals surface area contributed by atoms with Gasteiger partial charge in [0.05, 0.1) is 25.0 Å². The van der Waals surface area contributed by atoms with Crippen molar-refractivity contribution in [3.05, 3.63) is 118 Å². The lowest BCUT2D eigenvalue weighted by Crippen LogP contribution is -2.17. The average molecular weight is 563 g/mol. The van der Waals surface area contributed by atoms with Gasteiger partial charge in [0.15, 0.2) is 23.0 Å². The number of hydrogen-bond acceptors (Lipinski definition) is 6. The molecule has 206 valence electrons. The summed E-state index contributed by atoms with van der Waals surface area (Å²) in [4.78, 5) is 12.7. The second-order valence-corrected chi connectivity index (χ2v) is 8.93. The second kappa shape index (κ2) is 14.0. The van der Waals surface area contributed by atoms with Crippen LogP contribution >= 0.6 is 11.6 Å². The van der Waals surface area contributed by atoms with Gasteiger partial charge in [0.2, 0.25) is 0 Å². The molecule has 1 N–H and O–H groups in total. The zero-order valence-electron chi connectivity index (χ0n) is 22.0. The van der Waals surface area contributed by atoms with E-state index >= 15 is 0 Å². The van der Waals surface area contributed by atoms with Crippen LogP contribution < -0.4 is 24.4 Å². The van der Waals surface area contributed by atoms with Crippen molar-refractivity contribution in [3.8, 4) is 23.0 Å². The topological polar surface area (TPSA) is 78.4 Å². The van der Waals surface area contributed by atoms with Crippen molar-refractivity contribution < 1.29 is 28.1 Å². The van der Waals surface area contributed by atoms with E-state index in [-0.39, 0.29) is 17.4 Å². The van der Waals surface area contributed by atoms with Gasteiger partial charge in [-0.2, -0.15) is 5.10 Å². The molecule has 9 heteroatoms. The summed E-state index contributed by atoms with van der Waals surface area (Å²) >= 11 is 6.46. The van der Waals surface area contributed by atoms with Gasteiger partial charge in [0.1, 0.15) is 19.0 Å². The molecule has 7 nitrogen and oxygen atoms in total. The summed E-state index contributed by atoms with van der Waals surface area (Å²) in [6, 6.07) is 24.1. The van der Waals surface area contributed by atoms with E-state index in [4.69, 9.17) is 30.5 Å². The summed E-state index contributed by atoms with van der Waals surface area (Å²) in [5, 5.41) is 4.34. The van der Waals surface area contributed by atoms with Crippen LogP contribution in [0.3, 0.4) is 0 Å². The molecule has 0 radical (unpaired) electrons.